The summed E-state index contributed by atoms with van der Waals surface area (Å²) in [5.74, 6) is 0.332. The van der Waals surface area contributed by atoms with E-state index in [4.69, 9.17) is 0 Å². The van der Waals surface area contributed by atoms with Crippen LogP contribution in [0.3, 0.4) is 0 Å². The zero-order valence-electron chi connectivity index (χ0n) is 13.0. The molecule has 2 fully saturated rings. The maximum Gasteiger partial charge on any atom is 0.222 e. The predicted molar refractivity (Wildman–Crippen MR) is 85.2 cm³/mol. The number of nitrogens with one attached hydrogen (secondary N) is 1. The number of amides is 1. The first-order valence-corrected chi connectivity index (χ1v) is 8.22. The second-order valence-electron chi connectivity index (χ2n) is 6.73. The quantitative estimate of drug-likeness (QED) is 0.926. The lowest BCUT2D eigenvalue weighted by Crippen LogP contribution is -2.44. The third kappa shape index (κ3) is 3.29. The van der Waals surface area contributed by atoms with Gasteiger partial charge in [-0.15, -0.1) is 0 Å². The van der Waals surface area contributed by atoms with E-state index in [1.165, 1.54) is 30.4 Å². The van der Waals surface area contributed by atoms with E-state index >= 15 is 0 Å². The van der Waals surface area contributed by atoms with Gasteiger partial charge in [-0.25, -0.2) is 0 Å². The van der Waals surface area contributed by atoms with Crippen molar-refractivity contribution in [2.24, 2.45) is 5.41 Å². The number of rotatable bonds is 3. The average molecular weight is 286 g/mol. The van der Waals surface area contributed by atoms with Crippen LogP contribution in [0.1, 0.15) is 36.8 Å². The molecule has 0 aliphatic carbocycles. The number of hydrogen-bond donors (Lipinski definition) is 1. The van der Waals surface area contributed by atoms with Gasteiger partial charge in [-0.05, 0) is 55.7 Å². The first kappa shape index (κ1) is 14.6. The summed E-state index contributed by atoms with van der Waals surface area (Å²) in [7, 11) is 0. The molecule has 2 saturated heterocycles. The molecular weight excluding hydrogens is 260 g/mol. The van der Waals surface area contributed by atoms with Crippen molar-refractivity contribution >= 4 is 5.91 Å². The number of hydrogen-bond acceptors (Lipinski definition) is 2. The topological polar surface area (TPSA) is 32.3 Å². The van der Waals surface area contributed by atoms with Crippen LogP contribution in [0.15, 0.2) is 24.3 Å². The van der Waals surface area contributed by atoms with Gasteiger partial charge < -0.3 is 10.2 Å². The molecule has 1 spiro atoms. The molecule has 3 heteroatoms. The van der Waals surface area contributed by atoms with Crippen molar-refractivity contribution < 1.29 is 4.79 Å². The Balaban J connectivity index is 1.49. The summed E-state index contributed by atoms with van der Waals surface area (Å²) in [4.78, 5) is 14.5. The third-order valence-corrected chi connectivity index (χ3v) is 5.38. The lowest BCUT2D eigenvalue weighted by molar-refractivity contribution is -0.133. The highest BCUT2D eigenvalue weighted by molar-refractivity contribution is 5.76. The molecule has 0 radical (unpaired) electrons. The molecule has 2 aliphatic rings. The van der Waals surface area contributed by atoms with Gasteiger partial charge >= 0.3 is 0 Å². The maximum absolute atomic E-state index is 12.4. The minimum atomic E-state index is 0.332. The largest absolute Gasteiger partial charge is 0.343 e. The molecule has 2 aliphatic heterocycles. The van der Waals surface area contributed by atoms with Crippen molar-refractivity contribution in [3.05, 3.63) is 35.4 Å². The van der Waals surface area contributed by atoms with Crippen LogP contribution in [-0.2, 0) is 11.2 Å². The van der Waals surface area contributed by atoms with Gasteiger partial charge in [0.25, 0.3) is 0 Å². The molecule has 3 rings (SSSR count). The highest BCUT2D eigenvalue weighted by atomic mass is 16.2. The summed E-state index contributed by atoms with van der Waals surface area (Å²) in [6.45, 7) is 6.33. The number of benzene rings is 1. The van der Waals surface area contributed by atoms with Crippen LogP contribution in [0.2, 0.25) is 0 Å². The fraction of sp³-hybridized carbons (Fsp3) is 0.611. The summed E-state index contributed by atoms with van der Waals surface area (Å²) >= 11 is 0. The van der Waals surface area contributed by atoms with E-state index in [1.54, 1.807) is 0 Å². The molecule has 0 saturated carbocycles. The number of piperidine rings is 1. The van der Waals surface area contributed by atoms with Gasteiger partial charge in [-0.2, -0.15) is 0 Å². The molecule has 0 unspecified atom stereocenters. The highest BCUT2D eigenvalue weighted by Crippen LogP contribution is 2.37. The van der Waals surface area contributed by atoms with Gasteiger partial charge in [0.15, 0.2) is 0 Å². The molecule has 114 valence electrons. The minimum absolute atomic E-state index is 0.332. The Hall–Kier alpha value is -1.35. The Bertz CT molecular complexity index is 496. The molecule has 0 bridgehead atoms. The molecule has 1 N–H and O–H groups in total. The molecular formula is C18H26N2O. The first-order valence-electron chi connectivity index (χ1n) is 8.22. The van der Waals surface area contributed by atoms with Crippen LogP contribution in [0.4, 0.5) is 0 Å². The monoisotopic (exact) mass is 286 g/mol. The Morgan fingerprint density at radius 2 is 2.00 bits per heavy atom. The Kier molecular flexibility index (Phi) is 4.29. The van der Waals surface area contributed by atoms with Gasteiger partial charge in [-0.3, -0.25) is 4.79 Å². The first-order chi connectivity index (χ1) is 10.2. The maximum atomic E-state index is 12.4. The van der Waals surface area contributed by atoms with Crippen molar-refractivity contribution in [2.45, 2.75) is 39.0 Å². The van der Waals surface area contributed by atoms with Crippen LogP contribution in [-0.4, -0.2) is 37.0 Å². The van der Waals surface area contributed by atoms with Crippen LogP contribution in [0.5, 0.6) is 0 Å². The van der Waals surface area contributed by atoms with Crippen molar-refractivity contribution in [3.8, 4) is 0 Å². The Morgan fingerprint density at radius 1 is 1.24 bits per heavy atom. The van der Waals surface area contributed by atoms with E-state index in [2.05, 4.69) is 41.4 Å². The number of likely N-dealkylation sites (tertiary alicyclic amines) is 1. The van der Waals surface area contributed by atoms with Crippen LogP contribution in [0, 0.1) is 12.3 Å². The van der Waals surface area contributed by atoms with Crippen LogP contribution >= 0.6 is 0 Å². The molecule has 0 aromatic heterocycles. The lowest BCUT2D eigenvalue weighted by Gasteiger charge is -2.39. The van der Waals surface area contributed by atoms with Crippen molar-refractivity contribution in [1.82, 2.24) is 10.2 Å². The van der Waals surface area contributed by atoms with E-state index in [9.17, 15) is 4.79 Å². The predicted octanol–water partition coefficient (Wildman–Crippen LogP) is 2.53. The standard InChI is InChI=1S/C18H26N2O/c1-15-4-2-3-5-16(15)6-7-17(21)20-12-9-18(10-13-20)8-11-19-14-18/h2-5,19H,6-14H2,1H3. The van der Waals surface area contributed by atoms with Crippen molar-refractivity contribution in [1.29, 1.82) is 0 Å². The second-order valence-corrected chi connectivity index (χ2v) is 6.73. The zero-order chi connectivity index (χ0) is 14.7. The summed E-state index contributed by atoms with van der Waals surface area (Å²) in [5.41, 5.74) is 3.09. The van der Waals surface area contributed by atoms with Crippen LogP contribution in [0.25, 0.3) is 0 Å². The Morgan fingerprint density at radius 3 is 2.67 bits per heavy atom. The van der Waals surface area contributed by atoms with Crippen LogP contribution < -0.4 is 5.32 Å². The van der Waals surface area contributed by atoms with E-state index in [0.717, 1.165) is 32.6 Å². The zero-order valence-corrected chi connectivity index (χ0v) is 13.0. The van der Waals surface area contributed by atoms with Gasteiger partial charge in [-0.1, -0.05) is 24.3 Å². The second kappa shape index (κ2) is 6.18. The van der Waals surface area contributed by atoms with E-state index < -0.39 is 0 Å². The SMILES string of the molecule is Cc1ccccc1CCC(=O)N1CCC2(CCNC2)CC1. The van der Waals surface area contributed by atoms with Gasteiger partial charge in [0.2, 0.25) is 5.91 Å². The summed E-state index contributed by atoms with van der Waals surface area (Å²) in [6.07, 6.45) is 5.16. The number of nitrogens with zero attached hydrogens (tertiary/aromatic N) is 1. The minimum Gasteiger partial charge on any atom is -0.343 e. The highest BCUT2D eigenvalue weighted by Gasteiger charge is 2.37. The molecule has 0 atom stereocenters. The summed E-state index contributed by atoms with van der Waals surface area (Å²) in [6, 6.07) is 8.38. The molecule has 1 aromatic carbocycles. The third-order valence-electron chi connectivity index (χ3n) is 5.38. The number of carbonyl (C=O) groups is 1. The molecule has 21 heavy (non-hydrogen) atoms. The fourth-order valence-corrected chi connectivity index (χ4v) is 3.74. The van der Waals surface area contributed by atoms with Gasteiger partial charge in [0.1, 0.15) is 0 Å². The molecule has 1 aromatic rings. The van der Waals surface area contributed by atoms with Crippen molar-refractivity contribution in [2.75, 3.05) is 26.2 Å². The summed E-state index contributed by atoms with van der Waals surface area (Å²) in [5, 5.41) is 3.48. The van der Waals surface area contributed by atoms with E-state index in [1.807, 2.05) is 0 Å². The number of aryl methyl sites for hydroxylation is 2. The summed E-state index contributed by atoms with van der Waals surface area (Å²) < 4.78 is 0. The van der Waals surface area contributed by atoms with Crippen molar-refractivity contribution in [3.63, 3.8) is 0 Å². The molecule has 1 amide bonds. The van der Waals surface area contributed by atoms with E-state index in [0.29, 0.717) is 17.7 Å². The molecule has 3 nitrogen and oxygen atoms in total. The Labute approximate surface area is 127 Å². The fourth-order valence-electron chi connectivity index (χ4n) is 3.74. The van der Waals surface area contributed by atoms with Gasteiger partial charge in [0.05, 0.1) is 0 Å². The average Bonchev–Trinajstić information content (AvgIpc) is 2.95. The lowest BCUT2D eigenvalue weighted by atomic mass is 9.78. The normalized spacial score (nSPS) is 20.9. The number of carbonyl (C=O) groups excluding carboxylic acids is 1. The molecule has 2 heterocycles. The van der Waals surface area contributed by atoms with Gasteiger partial charge in [0, 0.05) is 26.1 Å². The van der Waals surface area contributed by atoms with E-state index in [-0.39, 0.29) is 0 Å². The smallest absolute Gasteiger partial charge is 0.222 e.